The van der Waals surface area contributed by atoms with Gasteiger partial charge in [0.15, 0.2) is 5.82 Å². The maximum absolute atomic E-state index is 12.7. The lowest BCUT2D eigenvalue weighted by Crippen LogP contribution is -2.45. The standard InChI is InChI=1S/C11H18N4O3S/c1-7-10(11(12)13-14(7)2)19(16,17)15-5-8-3-4-9(6-15)18-8/h8-9H,3-6H2,1-2H3,(H2,12,13). The first kappa shape index (κ1) is 12.9. The summed E-state index contributed by atoms with van der Waals surface area (Å²) in [4.78, 5) is 0.135. The third-order valence-corrected chi connectivity index (χ3v) is 5.91. The van der Waals surface area contributed by atoms with Crippen molar-refractivity contribution in [2.24, 2.45) is 7.05 Å². The Morgan fingerprint density at radius 1 is 1.32 bits per heavy atom. The average Bonchev–Trinajstić information content (AvgIpc) is 2.79. The Morgan fingerprint density at radius 2 is 1.89 bits per heavy atom. The molecule has 2 fully saturated rings. The quantitative estimate of drug-likeness (QED) is 0.817. The van der Waals surface area contributed by atoms with Gasteiger partial charge in [-0.05, 0) is 19.8 Å². The number of hydrogen-bond acceptors (Lipinski definition) is 5. The van der Waals surface area contributed by atoms with E-state index in [1.165, 1.54) is 8.99 Å². The molecular weight excluding hydrogens is 268 g/mol. The van der Waals surface area contributed by atoms with E-state index in [4.69, 9.17) is 10.5 Å². The van der Waals surface area contributed by atoms with Crippen molar-refractivity contribution in [2.75, 3.05) is 18.8 Å². The molecule has 0 aliphatic carbocycles. The first-order valence-electron chi connectivity index (χ1n) is 6.34. The van der Waals surface area contributed by atoms with Crippen molar-refractivity contribution in [1.29, 1.82) is 0 Å². The minimum absolute atomic E-state index is 0.0201. The van der Waals surface area contributed by atoms with Crippen LogP contribution in [0, 0.1) is 6.92 Å². The van der Waals surface area contributed by atoms with E-state index in [0.29, 0.717) is 18.8 Å². The summed E-state index contributed by atoms with van der Waals surface area (Å²) in [6, 6.07) is 0. The van der Waals surface area contributed by atoms with Gasteiger partial charge in [0.05, 0.1) is 17.9 Å². The Labute approximate surface area is 112 Å². The fourth-order valence-corrected chi connectivity index (χ4v) is 4.63. The average molecular weight is 286 g/mol. The van der Waals surface area contributed by atoms with E-state index in [2.05, 4.69) is 5.10 Å². The van der Waals surface area contributed by atoms with Gasteiger partial charge in [-0.25, -0.2) is 8.42 Å². The molecule has 0 saturated carbocycles. The number of nitrogens with zero attached hydrogens (tertiary/aromatic N) is 3. The number of rotatable bonds is 2. The minimum atomic E-state index is -3.58. The highest BCUT2D eigenvalue weighted by Crippen LogP contribution is 2.32. The number of morpholine rings is 1. The zero-order valence-electron chi connectivity index (χ0n) is 11.0. The molecule has 19 heavy (non-hydrogen) atoms. The lowest BCUT2D eigenvalue weighted by molar-refractivity contribution is -0.0114. The fraction of sp³-hybridized carbons (Fsp3) is 0.727. The molecule has 2 aliphatic rings. The van der Waals surface area contributed by atoms with Crippen molar-refractivity contribution in [3.63, 3.8) is 0 Å². The minimum Gasteiger partial charge on any atom is -0.381 e. The Balaban J connectivity index is 1.99. The van der Waals surface area contributed by atoms with E-state index in [0.717, 1.165) is 12.8 Å². The summed E-state index contributed by atoms with van der Waals surface area (Å²) in [7, 11) is -1.90. The van der Waals surface area contributed by atoms with Crippen LogP contribution in [0.4, 0.5) is 5.82 Å². The van der Waals surface area contributed by atoms with Gasteiger partial charge in [-0.1, -0.05) is 0 Å². The van der Waals surface area contributed by atoms with Crippen molar-refractivity contribution >= 4 is 15.8 Å². The van der Waals surface area contributed by atoms with E-state index in [9.17, 15) is 8.42 Å². The molecule has 106 valence electrons. The van der Waals surface area contributed by atoms with Crippen molar-refractivity contribution in [3.8, 4) is 0 Å². The van der Waals surface area contributed by atoms with E-state index >= 15 is 0 Å². The number of hydrogen-bond donors (Lipinski definition) is 1. The zero-order valence-corrected chi connectivity index (χ0v) is 11.9. The van der Waals surface area contributed by atoms with Crippen molar-refractivity contribution < 1.29 is 13.2 Å². The summed E-state index contributed by atoms with van der Waals surface area (Å²) in [5.74, 6) is 0.0684. The summed E-state index contributed by atoms with van der Waals surface area (Å²) < 4.78 is 34.0. The van der Waals surface area contributed by atoms with Gasteiger partial charge in [0, 0.05) is 20.1 Å². The van der Waals surface area contributed by atoms with Crippen LogP contribution in [0.25, 0.3) is 0 Å². The first-order chi connectivity index (χ1) is 8.89. The predicted octanol–water partition coefficient (Wildman–Crippen LogP) is -0.137. The third-order valence-electron chi connectivity index (χ3n) is 3.91. The van der Waals surface area contributed by atoms with Crippen LogP contribution in [0.3, 0.4) is 0 Å². The zero-order chi connectivity index (χ0) is 13.8. The topological polar surface area (TPSA) is 90.4 Å². The smallest absolute Gasteiger partial charge is 0.248 e. The summed E-state index contributed by atoms with van der Waals surface area (Å²) in [5, 5.41) is 3.98. The van der Waals surface area contributed by atoms with E-state index in [1.807, 2.05) is 0 Å². The molecule has 2 unspecified atom stereocenters. The van der Waals surface area contributed by atoms with E-state index in [1.54, 1.807) is 14.0 Å². The van der Waals surface area contributed by atoms with Gasteiger partial charge in [0.2, 0.25) is 10.0 Å². The molecule has 3 rings (SSSR count). The second kappa shape index (κ2) is 4.19. The van der Waals surface area contributed by atoms with Gasteiger partial charge in [0.1, 0.15) is 4.90 Å². The molecule has 2 N–H and O–H groups in total. The molecule has 0 radical (unpaired) electrons. The highest BCUT2D eigenvalue weighted by molar-refractivity contribution is 7.89. The maximum Gasteiger partial charge on any atom is 0.248 e. The molecule has 2 saturated heterocycles. The van der Waals surface area contributed by atoms with Crippen molar-refractivity contribution in [3.05, 3.63) is 5.69 Å². The molecule has 2 bridgehead atoms. The maximum atomic E-state index is 12.7. The predicted molar refractivity (Wildman–Crippen MR) is 69.0 cm³/mol. The van der Waals surface area contributed by atoms with Crippen LogP contribution in [-0.2, 0) is 21.8 Å². The van der Waals surface area contributed by atoms with E-state index in [-0.39, 0.29) is 22.9 Å². The van der Waals surface area contributed by atoms with Gasteiger partial charge in [-0.2, -0.15) is 9.40 Å². The van der Waals surface area contributed by atoms with Crippen LogP contribution in [0.15, 0.2) is 4.90 Å². The van der Waals surface area contributed by atoms with Crippen LogP contribution in [0.1, 0.15) is 18.5 Å². The largest absolute Gasteiger partial charge is 0.381 e. The summed E-state index contributed by atoms with van der Waals surface area (Å²) in [6.45, 7) is 2.53. The van der Waals surface area contributed by atoms with Gasteiger partial charge in [0.25, 0.3) is 0 Å². The van der Waals surface area contributed by atoms with Gasteiger partial charge in [-0.15, -0.1) is 0 Å². The van der Waals surface area contributed by atoms with Crippen LogP contribution >= 0.6 is 0 Å². The molecule has 0 aromatic carbocycles. The number of aryl methyl sites for hydroxylation is 1. The third kappa shape index (κ3) is 1.94. The number of ether oxygens (including phenoxy) is 1. The molecule has 0 spiro atoms. The summed E-state index contributed by atoms with van der Waals surface area (Å²) in [5.41, 5.74) is 6.32. The highest BCUT2D eigenvalue weighted by Gasteiger charge is 2.41. The monoisotopic (exact) mass is 286 g/mol. The van der Waals surface area contributed by atoms with Crippen LogP contribution < -0.4 is 5.73 Å². The molecule has 2 aliphatic heterocycles. The SMILES string of the molecule is Cc1c(S(=O)(=O)N2CC3CCC(C2)O3)c(N)nn1C. The number of fused-ring (bicyclic) bond motifs is 2. The molecule has 2 atom stereocenters. The number of aromatic nitrogens is 2. The van der Waals surface area contributed by atoms with Gasteiger partial charge >= 0.3 is 0 Å². The Kier molecular flexibility index (Phi) is 2.84. The molecule has 1 aromatic heterocycles. The van der Waals surface area contributed by atoms with Gasteiger partial charge in [-0.3, -0.25) is 4.68 Å². The fourth-order valence-electron chi connectivity index (χ4n) is 2.84. The molecule has 7 nitrogen and oxygen atoms in total. The summed E-state index contributed by atoms with van der Waals surface area (Å²) >= 11 is 0. The number of nitrogens with two attached hydrogens (primary N) is 1. The Morgan fingerprint density at radius 3 is 2.37 bits per heavy atom. The molecule has 1 aromatic rings. The van der Waals surface area contributed by atoms with E-state index < -0.39 is 10.0 Å². The normalized spacial score (nSPS) is 27.9. The lowest BCUT2D eigenvalue weighted by atomic mass is 10.2. The second-order valence-electron chi connectivity index (χ2n) is 5.20. The van der Waals surface area contributed by atoms with Crippen LogP contribution in [0.5, 0.6) is 0 Å². The number of anilines is 1. The number of nitrogen functional groups attached to an aromatic ring is 1. The first-order valence-corrected chi connectivity index (χ1v) is 7.78. The highest BCUT2D eigenvalue weighted by atomic mass is 32.2. The van der Waals surface area contributed by atoms with Crippen molar-refractivity contribution in [2.45, 2.75) is 36.9 Å². The van der Waals surface area contributed by atoms with Gasteiger partial charge < -0.3 is 10.5 Å². The molecular formula is C11H18N4O3S. The van der Waals surface area contributed by atoms with Crippen molar-refractivity contribution in [1.82, 2.24) is 14.1 Å². The Bertz CT molecular complexity index is 598. The van der Waals surface area contributed by atoms with Crippen LogP contribution in [0.2, 0.25) is 0 Å². The lowest BCUT2D eigenvalue weighted by Gasteiger charge is -2.31. The summed E-state index contributed by atoms with van der Waals surface area (Å²) in [6.07, 6.45) is 1.90. The second-order valence-corrected chi connectivity index (χ2v) is 7.08. The van der Waals surface area contributed by atoms with Crippen LogP contribution in [-0.4, -0.2) is 47.8 Å². The molecule has 0 amide bonds. The number of sulfonamides is 1. The Hall–Kier alpha value is -1.12. The molecule has 8 heteroatoms. The molecule has 3 heterocycles.